The summed E-state index contributed by atoms with van der Waals surface area (Å²) in [7, 11) is 0. The summed E-state index contributed by atoms with van der Waals surface area (Å²) in [6.07, 6.45) is 0.369. The predicted molar refractivity (Wildman–Crippen MR) is 77.2 cm³/mol. The molecule has 2 rings (SSSR count). The first-order valence-corrected chi connectivity index (χ1v) is 7.24. The lowest BCUT2D eigenvalue weighted by atomic mass is 10.0. The highest BCUT2D eigenvalue weighted by molar-refractivity contribution is 5.25. The van der Waals surface area contributed by atoms with E-state index in [1.165, 1.54) is 5.56 Å². The van der Waals surface area contributed by atoms with Crippen LogP contribution in [-0.4, -0.2) is 41.8 Å². The van der Waals surface area contributed by atoms with Crippen molar-refractivity contribution >= 4 is 0 Å². The van der Waals surface area contributed by atoms with E-state index in [-0.39, 0.29) is 6.10 Å². The van der Waals surface area contributed by atoms with Gasteiger partial charge < -0.3 is 9.84 Å². The van der Waals surface area contributed by atoms with Crippen molar-refractivity contribution in [3.63, 3.8) is 0 Å². The van der Waals surface area contributed by atoms with Crippen molar-refractivity contribution in [1.29, 1.82) is 0 Å². The lowest BCUT2D eigenvalue weighted by Crippen LogP contribution is -2.47. The first kappa shape index (κ1) is 14.5. The zero-order chi connectivity index (χ0) is 13.8. The molecule has 0 saturated carbocycles. The van der Waals surface area contributed by atoms with Crippen molar-refractivity contribution in [2.45, 2.75) is 45.4 Å². The van der Waals surface area contributed by atoms with E-state index in [4.69, 9.17) is 4.74 Å². The van der Waals surface area contributed by atoms with Gasteiger partial charge in [-0.3, -0.25) is 4.90 Å². The van der Waals surface area contributed by atoms with Gasteiger partial charge >= 0.3 is 0 Å². The summed E-state index contributed by atoms with van der Waals surface area (Å²) in [6, 6.07) is 8.70. The second-order valence-electron chi connectivity index (χ2n) is 5.54. The van der Waals surface area contributed by atoms with Gasteiger partial charge in [-0.1, -0.05) is 31.2 Å². The number of rotatable bonds is 4. The normalized spacial score (nSPS) is 22.7. The van der Waals surface area contributed by atoms with E-state index in [9.17, 15) is 5.11 Å². The molecule has 1 aliphatic rings. The van der Waals surface area contributed by atoms with E-state index in [1.54, 1.807) is 0 Å². The van der Waals surface area contributed by atoms with E-state index < -0.39 is 6.10 Å². The molecule has 0 spiro atoms. The fourth-order valence-electron chi connectivity index (χ4n) is 2.52. The third-order valence-corrected chi connectivity index (χ3v) is 3.94. The summed E-state index contributed by atoms with van der Waals surface area (Å²) < 4.78 is 5.74. The summed E-state index contributed by atoms with van der Waals surface area (Å²) in [4.78, 5) is 2.36. The lowest BCUT2D eigenvalue weighted by Gasteiger charge is -2.37. The Bertz CT molecular complexity index is 388. The topological polar surface area (TPSA) is 32.7 Å². The maximum Gasteiger partial charge on any atom is 0.106 e. The Kier molecular flexibility index (Phi) is 4.97. The Labute approximate surface area is 116 Å². The summed E-state index contributed by atoms with van der Waals surface area (Å²) in [5.74, 6) is 0. The highest BCUT2D eigenvalue weighted by atomic mass is 16.5. The molecular weight excluding hydrogens is 238 g/mol. The molecule has 0 radical (unpaired) electrons. The van der Waals surface area contributed by atoms with Crippen molar-refractivity contribution in [1.82, 2.24) is 4.90 Å². The van der Waals surface area contributed by atoms with Gasteiger partial charge in [0.05, 0.1) is 6.61 Å². The third-order valence-electron chi connectivity index (χ3n) is 3.94. The SMILES string of the molecule is CCc1ccc(C(O)C2CN(C(C)C)CCO2)cc1. The average molecular weight is 263 g/mol. The van der Waals surface area contributed by atoms with Crippen LogP contribution in [0.5, 0.6) is 0 Å². The quantitative estimate of drug-likeness (QED) is 0.905. The van der Waals surface area contributed by atoms with E-state index in [0.717, 1.165) is 25.1 Å². The molecule has 1 heterocycles. The molecule has 0 aliphatic carbocycles. The van der Waals surface area contributed by atoms with Gasteiger partial charge in [0.1, 0.15) is 12.2 Å². The van der Waals surface area contributed by atoms with Crippen LogP contribution in [0.15, 0.2) is 24.3 Å². The minimum atomic E-state index is -0.535. The summed E-state index contributed by atoms with van der Waals surface area (Å²) in [5.41, 5.74) is 2.25. The minimum Gasteiger partial charge on any atom is -0.386 e. The van der Waals surface area contributed by atoms with Crippen LogP contribution in [0, 0.1) is 0 Å². The van der Waals surface area contributed by atoms with Crippen molar-refractivity contribution in [2.24, 2.45) is 0 Å². The monoisotopic (exact) mass is 263 g/mol. The van der Waals surface area contributed by atoms with Gasteiger partial charge in [0, 0.05) is 19.1 Å². The van der Waals surface area contributed by atoms with Gasteiger partial charge in [-0.05, 0) is 31.4 Å². The molecule has 1 saturated heterocycles. The van der Waals surface area contributed by atoms with Gasteiger partial charge in [0.15, 0.2) is 0 Å². The van der Waals surface area contributed by atoms with Gasteiger partial charge in [-0.15, -0.1) is 0 Å². The average Bonchev–Trinajstić information content (AvgIpc) is 2.46. The molecule has 106 valence electrons. The van der Waals surface area contributed by atoms with Crippen LogP contribution in [0.3, 0.4) is 0 Å². The molecule has 1 N–H and O–H groups in total. The van der Waals surface area contributed by atoms with Crippen LogP contribution >= 0.6 is 0 Å². The van der Waals surface area contributed by atoms with Crippen LogP contribution in [0.25, 0.3) is 0 Å². The van der Waals surface area contributed by atoms with Crippen LogP contribution < -0.4 is 0 Å². The van der Waals surface area contributed by atoms with Gasteiger partial charge in [0.2, 0.25) is 0 Å². The predicted octanol–water partition coefficient (Wildman–Crippen LogP) is 2.39. The maximum absolute atomic E-state index is 10.5. The molecule has 1 aromatic rings. The fraction of sp³-hybridized carbons (Fsp3) is 0.625. The van der Waals surface area contributed by atoms with Crippen LogP contribution in [0.1, 0.15) is 38.0 Å². The molecule has 3 heteroatoms. The number of hydrogen-bond acceptors (Lipinski definition) is 3. The fourth-order valence-corrected chi connectivity index (χ4v) is 2.52. The Balaban J connectivity index is 2.03. The van der Waals surface area contributed by atoms with Crippen molar-refractivity contribution in [3.8, 4) is 0 Å². The van der Waals surface area contributed by atoms with Crippen molar-refractivity contribution in [3.05, 3.63) is 35.4 Å². The largest absolute Gasteiger partial charge is 0.386 e. The second-order valence-corrected chi connectivity index (χ2v) is 5.54. The highest BCUT2D eigenvalue weighted by Crippen LogP contribution is 2.23. The molecule has 0 amide bonds. The number of hydrogen-bond donors (Lipinski definition) is 1. The van der Waals surface area contributed by atoms with Gasteiger partial charge in [0.25, 0.3) is 0 Å². The van der Waals surface area contributed by atoms with Crippen molar-refractivity contribution < 1.29 is 9.84 Å². The third kappa shape index (κ3) is 3.56. The van der Waals surface area contributed by atoms with Crippen LogP contribution in [-0.2, 0) is 11.2 Å². The first-order valence-electron chi connectivity index (χ1n) is 7.24. The van der Waals surface area contributed by atoms with Gasteiger partial charge in [-0.2, -0.15) is 0 Å². The van der Waals surface area contributed by atoms with E-state index in [0.29, 0.717) is 12.6 Å². The molecule has 3 nitrogen and oxygen atoms in total. The number of aliphatic hydroxyl groups is 1. The lowest BCUT2D eigenvalue weighted by molar-refractivity contribution is -0.0961. The van der Waals surface area contributed by atoms with Crippen LogP contribution in [0.2, 0.25) is 0 Å². The smallest absolute Gasteiger partial charge is 0.106 e. The molecule has 1 aliphatic heterocycles. The zero-order valence-corrected chi connectivity index (χ0v) is 12.2. The van der Waals surface area contributed by atoms with Crippen LogP contribution in [0.4, 0.5) is 0 Å². The highest BCUT2D eigenvalue weighted by Gasteiger charge is 2.28. The maximum atomic E-state index is 10.5. The van der Waals surface area contributed by atoms with E-state index >= 15 is 0 Å². The molecular formula is C16H25NO2. The molecule has 19 heavy (non-hydrogen) atoms. The number of aliphatic hydroxyl groups excluding tert-OH is 1. The minimum absolute atomic E-state index is 0.122. The Morgan fingerprint density at radius 1 is 1.32 bits per heavy atom. The zero-order valence-electron chi connectivity index (χ0n) is 12.2. The Morgan fingerprint density at radius 2 is 2.00 bits per heavy atom. The number of morpholine rings is 1. The number of nitrogens with zero attached hydrogens (tertiary/aromatic N) is 1. The standard InChI is InChI=1S/C16H25NO2/c1-4-13-5-7-14(8-6-13)16(18)15-11-17(12(2)3)9-10-19-15/h5-8,12,15-16,18H,4,9-11H2,1-3H3. The number of benzene rings is 1. The molecule has 2 unspecified atom stereocenters. The molecule has 2 atom stereocenters. The summed E-state index contributed by atoms with van der Waals surface area (Å²) in [5, 5.41) is 10.5. The first-order chi connectivity index (χ1) is 9.11. The molecule has 0 aromatic heterocycles. The number of aryl methyl sites for hydroxylation is 1. The van der Waals surface area contributed by atoms with E-state index in [2.05, 4.69) is 37.8 Å². The molecule has 1 aromatic carbocycles. The molecule has 1 fully saturated rings. The summed E-state index contributed by atoms with van der Waals surface area (Å²) in [6.45, 7) is 8.96. The van der Waals surface area contributed by atoms with Gasteiger partial charge in [-0.25, -0.2) is 0 Å². The molecule has 0 bridgehead atoms. The Morgan fingerprint density at radius 3 is 2.58 bits per heavy atom. The van der Waals surface area contributed by atoms with E-state index in [1.807, 2.05) is 12.1 Å². The number of ether oxygens (including phenoxy) is 1. The van der Waals surface area contributed by atoms with Crippen molar-refractivity contribution in [2.75, 3.05) is 19.7 Å². The second kappa shape index (κ2) is 6.51. The Hall–Kier alpha value is -0.900. The summed E-state index contributed by atoms with van der Waals surface area (Å²) >= 11 is 0.